The molecule has 0 unspecified atom stereocenters. The number of ether oxygens (including phenoxy) is 1. The Kier molecular flexibility index (Phi) is 5.07. The van der Waals surface area contributed by atoms with Gasteiger partial charge in [0.1, 0.15) is 0 Å². The minimum Gasteiger partial charge on any atom is -0.504 e. The normalized spacial score (nSPS) is 17.2. The van der Waals surface area contributed by atoms with Crippen molar-refractivity contribution in [2.45, 2.75) is 32.1 Å². The Morgan fingerprint density at radius 1 is 1.33 bits per heavy atom. The smallest absolute Gasteiger partial charge is 0.251 e. The van der Waals surface area contributed by atoms with Gasteiger partial charge in [0.2, 0.25) is 0 Å². The number of phenols is 1. The molecule has 5 heteroatoms. The average molecular weight is 293 g/mol. The van der Waals surface area contributed by atoms with Crippen molar-refractivity contribution in [2.75, 3.05) is 20.3 Å². The molecule has 21 heavy (non-hydrogen) atoms. The molecule has 0 heterocycles. The van der Waals surface area contributed by atoms with Gasteiger partial charge in [0.25, 0.3) is 5.91 Å². The Labute approximate surface area is 124 Å². The van der Waals surface area contributed by atoms with E-state index in [4.69, 9.17) is 4.74 Å². The highest BCUT2D eigenvalue weighted by atomic mass is 16.5. The van der Waals surface area contributed by atoms with Gasteiger partial charge in [-0.15, -0.1) is 0 Å². The lowest BCUT2D eigenvalue weighted by molar-refractivity contribution is 0.0718. The van der Waals surface area contributed by atoms with Crippen LogP contribution in [0.15, 0.2) is 18.2 Å². The van der Waals surface area contributed by atoms with E-state index in [1.807, 2.05) is 0 Å². The van der Waals surface area contributed by atoms with Crippen molar-refractivity contribution in [3.05, 3.63) is 23.8 Å². The van der Waals surface area contributed by atoms with Crippen molar-refractivity contribution in [3.8, 4) is 11.5 Å². The maximum absolute atomic E-state index is 12.2. The number of carbonyl (C=O) groups is 1. The van der Waals surface area contributed by atoms with Crippen LogP contribution in [0.25, 0.3) is 0 Å². The van der Waals surface area contributed by atoms with Gasteiger partial charge in [0.15, 0.2) is 11.5 Å². The van der Waals surface area contributed by atoms with E-state index in [1.165, 1.54) is 19.6 Å². The topological polar surface area (TPSA) is 78.8 Å². The summed E-state index contributed by atoms with van der Waals surface area (Å²) in [6.07, 6.45) is 5.27. The first-order valence-corrected chi connectivity index (χ1v) is 7.36. The van der Waals surface area contributed by atoms with Gasteiger partial charge in [-0.3, -0.25) is 4.79 Å². The van der Waals surface area contributed by atoms with Gasteiger partial charge in [-0.25, -0.2) is 0 Å². The summed E-state index contributed by atoms with van der Waals surface area (Å²) < 4.78 is 4.95. The lowest BCUT2D eigenvalue weighted by atomic mass is 9.74. The van der Waals surface area contributed by atoms with Gasteiger partial charge >= 0.3 is 0 Å². The zero-order valence-corrected chi connectivity index (χ0v) is 12.4. The number of amides is 1. The lowest BCUT2D eigenvalue weighted by Gasteiger charge is -2.35. The van der Waals surface area contributed by atoms with E-state index in [9.17, 15) is 15.0 Å². The van der Waals surface area contributed by atoms with Crippen LogP contribution in [-0.4, -0.2) is 36.4 Å². The number of hydrogen-bond acceptors (Lipinski definition) is 4. The molecule has 1 aliphatic carbocycles. The number of hydrogen-bond donors (Lipinski definition) is 3. The second-order valence-corrected chi connectivity index (χ2v) is 5.79. The number of benzene rings is 1. The molecule has 1 fully saturated rings. The summed E-state index contributed by atoms with van der Waals surface area (Å²) in [4.78, 5) is 12.2. The summed E-state index contributed by atoms with van der Waals surface area (Å²) in [5, 5.41) is 22.2. The number of rotatable bonds is 5. The first-order valence-electron chi connectivity index (χ1n) is 7.36. The number of carbonyl (C=O) groups excluding carboxylic acids is 1. The number of aliphatic hydroxyl groups excluding tert-OH is 1. The maximum Gasteiger partial charge on any atom is 0.251 e. The van der Waals surface area contributed by atoms with Crippen LogP contribution in [0.1, 0.15) is 42.5 Å². The summed E-state index contributed by atoms with van der Waals surface area (Å²) in [7, 11) is 1.46. The molecule has 1 amide bonds. The molecule has 5 nitrogen and oxygen atoms in total. The van der Waals surface area contributed by atoms with Gasteiger partial charge in [-0.05, 0) is 31.0 Å². The Balaban J connectivity index is 1.99. The van der Waals surface area contributed by atoms with Gasteiger partial charge < -0.3 is 20.3 Å². The second kappa shape index (κ2) is 6.80. The fourth-order valence-electron chi connectivity index (χ4n) is 2.89. The average Bonchev–Trinajstić information content (AvgIpc) is 2.53. The number of nitrogens with one attached hydrogen (secondary N) is 1. The van der Waals surface area contributed by atoms with Crippen LogP contribution in [0.5, 0.6) is 11.5 Å². The molecule has 1 aliphatic rings. The largest absolute Gasteiger partial charge is 0.504 e. The monoisotopic (exact) mass is 293 g/mol. The summed E-state index contributed by atoms with van der Waals surface area (Å²) >= 11 is 0. The minimum atomic E-state index is -0.244. The van der Waals surface area contributed by atoms with Crippen molar-refractivity contribution >= 4 is 5.91 Å². The molecular formula is C16H23NO4. The highest BCUT2D eigenvalue weighted by molar-refractivity contribution is 5.94. The fraction of sp³-hybridized carbons (Fsp3) is 0.562. The van der Waals surface area contributed by atoms with E-state index in [1.54, 1.807) is 12.1 Å². The van der Waals surface area contributed by atoms with Crippen molar-refractivity contribution in [2.24, 2.45) is 5.41 Å². The zero-order chi connectivity index (χ0) is 15.3. The number of aromatic hydroxyl groups is 1. The highest BCUT2D eigenvalue weighted by Gasteiger charge is 2.31. The Hall–Kier alpha value is -1.75. The molecule has 1 saturated carbocycles. The zero-order valence-electron chi connectivity index (χ0n) is 12.4. The first kappa shape index (κ1) is 15.6. The van der Waals surface area contributed by atoms with Crippen LogP contribution in [0, 0.1) is 5.41 Å². The molecular weight excluding hydrogens is 270 g/mol. The van der Waals surface area contributed by atoms with Gasteiger partial charge in [0.05, 0.1) is 13.7 Å². The van der Waals surface area contributed by atoms with Crippen LogP contribution in [0.3, 0.4) is 0 Å². The van der Waals surface area contributed by atoms with Crippen molar-refractivity contribution < 1.29 is 19.7 Å². The maximum atomic E-state index is 12.2. The van der Waals surface area contributed by atoms with Gasteiger partial charge in [0, 0.05) is 17.5 Å². The Bertz CT molecular complexity index is 495. The van der Waals surface area contributed by atoms with Crippen molar-refractivity contribution in [1.82, 2.24) is 5.32 Å². The summed E-state index contributed by atoms with van der Waals surface area (Å²) in [6, 6.07) is 4.56. The number of methoxy groups -OCH3 is 1. The first-order chi connectivity index (χ1) is 10.1. The van der Waals surface area contributed by atoms with E-state index in [2.05, 4.69) is 5.32 Å². The quantitative estimate of drug-likeness (QED) is 0.776. The molecule has 0 bridgehead atoms. The molecule has 0 spiro atoms. The molecule has 0 aliphatic heterocycles. The second-order valence-electron chi connectivity index (χ2n) is 5.79. The van der Waals surface area contributed by atoms with Crippen molar-refractivity contribution in [1.29, 1.82) is 0 Å². The van der Waals surface area contributed by atoms with E-state index in [0.29, 0.717) is 17.9 Å². The molecule has 116 valence electrons. The third-order valence-electron chi connectivity index (χ3n) is 4.31. The molecule has 1 aromatic rings. The van der Waals surface area contributed by atoms with E-state index < -0.39 is 0 Å². The summed E-state index contributed by atoms with van der Waals surface area (Å²) in [5.74, 6) is 0.0386. The van der Waals surface area contributed by atoms with E-state index in [-0.39, 0.29) is 23.7 Å². The standard InChI is InChI=1S/C16H23NO4/c1-21-14-6-5-12(9-13(14)19)15(20)17-10-16(11-18)7-3-2-4-8-16/h5-6,9,18-19H,2-4,7-8,10-11H2,1H3,(H,17,20). The molecule has 3 N–H and O–H groups in total. The lowest BCUT2D eigenvalue weighted by Crippen LogP contribution is -2.41. The van der Waals surface area contributed by atoms with Crippen LogP contribution in [-0.2, 0) is 0 Å². The third kappa shape index (κ3) is 3.67. The molecule has 0 aromatic heterocycles. The molecule has 0 radical (unpaired) electrons. The van der Waals surface area contributed by atoms with Crippen LogP contribution in [0.2, 0.25) is 0 Å². The van der Waals surface area contributed by atoms with E-state index >= 15 is 0 Å². The fourth-order valence-corrected chi connectivity index (χ4v) is 2.89. The Morgan fingerprint density at radius 2 is 2.05 bits per heavy atom. The van der Waals surface area contributed by atoms with Crippen LogP contribution < -0.4 is 10.1 Å². The summed E-state index contributed by atoms with van der Waals surface area (Å²) in [6.45, 7) is 0.566. The van der Waals surface area contributed by atoms with E-state index in [0.717, 1.165) is 25.7 Å². The van der Waals surface area contributed by atoms with Crippen LogP contribution in [0.4, 0.5) is 0 Å². The SMILES string of the molecule is COc1ccc(C(=O)NCC2(CO)CCCCC2)cc1O. The highest BCUT2D eigenvalue weighted by Crippen LogP contribution is 2.35. The minimum absolute atomic E-state index is 0.0558. The number of phenolic OH excluding ortho intramolecular Hbond substituents is 1. The van der Waals surface area contributed by atoms with Crippen molar-refractivity contribution in [3.63, 3.8) is 0 Å². The predicted molar refractivity (Wildman–Crippen MR) is 79.6 cm³/mol. The Morgan fingerprint density at radius 3 is 2.62 bits per heavy atom. The summed E-state index contributed by atoms with van der Waals surface area (Å²) in [5.41, 5.74) is 0.194. The third-order valence-corrected chi connectivity index (χ3v) is 4.31. The van der Waals surface area contributed by atoms with Crippen LogP contribution >= 0.6 is 0 Å². The van der Waals surface area contributed by atoms with Gasteiger partial charge in [-0.1, -0.05) is 19.3 Å². The molecule has 1 aromatic carbocycles. The van der Waals surface area contributed by atoms with Gasteiger partial charge in [-0.2, -0.15) is 0 Å². The number of aliphatic hydroxyl groups is 1. The molecule has 2 rings (SSSR count). The predicted octanol–water partition coefficient (Wildman–Crippen LogP) is 2.07. The molecule has 0 saturated heterocycles. The molecule has 0 atom stereocenters.